The van der Waals surface area contributed by atoms with Gasteiger partial charge in [0.2, 0.25) is 0 Å². The van der Waals surface area contributed by atoms with Crippen molar-refractivity contribution < 1.29 is 0 Å². The van der Waals surface area contributed by atoms with E-state index in [4.69, 9.17) is 5.10 Å². The summed E-state index contributed by atoms with van der Waals surface area (Å²) in [6, 6.07) is 5.72. The molecule has 0 amide bonds. The second kappa shape index (κ2) is 6.54. The topological polar surface area (TPSA) is 94.8 Å². The highest BCUT2D eigenvalue weighted by molar-refractivity contribution is 5.39. The van der Waals surface area contributed by atoms with Crippen molar-refractivity contribution in [1.82, 2.24) is 49.5 Å². The molecule has 1 aliphatic rings. The van der Waals surface area contributed by atoms with Crippen LogP contribution in [-0.2, 0) is 13.6 Å². The molecule has 4 aromatic rings. The van der Waals surface area contributed by atoms with Crippen molar-refractivity contribution in [3.63, 3.8) is 0 Å². The lowest BCUT2D eigenvalue weighted by molar-refractivity contribution is 0.198. The molecule has 0 aromatic carbocycles. The van der Waals surface area contributed by atoms with Crippen LogP contribution in [0.25, 0.3) is 11.5 Å². The number of aryl methyl sites for hydroxylation is 1. The molecule has 5 rings (SSSR count). The van der Waals surface area contributed by atoms with Crippen LogP contribution in [0.2, 0.25) is 0 Å². The second-order valence-corrected chi connectivity index (χ2v) is 6.85. The number of piperidine rings is 1. The van der Waals surface area contributed by atoms with Crippen LogP contribution in [-0.4, -0.2) is 62.6 Å². The van der Waals surface area contributed by atoms with Gasteiger partial charge in [0, 0.05) is 31.9 Å². The van der Waals surface area contributed by atoms with Gasteiger partial charge in [0.25, 0.3) is 0 Å². The summed E-state index contributed by atoms with van der Waals surface area (Å²) < 4.78 is 3.60. The smallest absolute Gasteiger partial charge is 0.178 e. The van der Waals surface area contributed by atoms with Gasteiger partial charge in [0.05, 0.1) is 11.9 Å². The standard InChI is InChI=1S/C17H20N10/c1-24-19-11-14(22-24)12-25-9-5-13(6-10-25)17-21-20-15-3-4-16(23-27(15)17)26-8-2-7-18-26/h2-4,7-8,11,13H,5-6,9-10,12H2,1H3. The zero-order valence-electron chi connectivity index (χ0n) is 15.0. The van der Waals surface area contributed by atoms with Gasteiger partial charge >= 0.3 is 0 Å². The normalized spacial score (nSPS) is 16.3. The summed E-state index contributed by atoms with van der Waals surface area (Å²) in [4.78, 5) is 4.01. The first kappa shape index (κ1) is 16.1. The van der Waals surface area contributed by atoms with Crippen LogP contribution < -0.4 is 0 Å². The van der Waals surface area contributed by atoms with Gasteiger partial charge in [-0.15, -0.1) is 15.3 Å². The highest BCUT2D eigenvalue weighted by Gasteiger charge is 2.25. The fraction of sp³-hybridized carbons (Fsp3) is 0.412. The Balaban J connectivity index is 1.33. The first-order chi connectivity index (χ1) is 13.3. The highest BCUT2D eigenvalue weighted by Crippen LogP contribution is 2.27. The van der Waals surface area contributed by atoms with Crippen molar-refractivity contribution in [1.29, 1.82) is 0 Å². The van der Waals surface area contributed by atoms with Crippen LogP contribution in [0, 0.1) is 0 Å². The predicted octanol–water partition coefficient (Wildman–Crippen LogP) is 0.818. The Hall–Kier alpha value is -3.14. The number of aromatic nitrogens is 9. The number of rotatable bonds is 4. The van der Waals surface area contributed by atoms with E-state index in [1.54, 1.807) is 15.7 Å². The Bertz CT molecular complexity index is 1040. The second-order valence-electron chi connectivity index (χ2n) is 6.85. The van der Waals surface area contributed by atoms with Gasteiger partial charge in [-0.3, -0.25) is 4.90 Å². The zero-order valence-corrected chi connectivity index (χ0v) is 15.0. The Morgan fingerprint density at radius 1 is 1.07 bits per heavy atom. The highest BCUT2D eigenvalue weighted by atomic mass is 15.5. The lowest BCUT2D eigenvalue weighted by Crippen LogP contribution is -2.33. The molecule has 27 heavy (non-hydrogen) atoms. The number of nitrogens with zero attached hydrogens (tertiary/aromatic N) is 10. The molecular formula is C17H20N10. The third-order valence-electron chi connectivity index (χ3n) is 5.00. The van der Waals surface area contributed by atoms with Gasteiger partial charge in [-0.1, -0.05) is 0 Å². The summed E-state index contributed by atoms with van der Waals surface area (Å²) in [6.45, 7) is 2.83. The van der Waals surface area contributed by atoms with E-state index < -0.39 is 0 Å². The first-order valence-corrected chi connectivity index (χ1v) is 9.06. The molecule has 0 spiro atoms. The maximum absolute atomic E-state index is 4.70. The molecule has 1 fully saturated rings. The Morgan fingerprint density at radius 2 is 1.96 bits per heavy atom. The summed E-state index contributed by atoms with van der Waals surface area (Å²) in [5.74, 6) is 2.03. The third-order valence-corrected chi connectivity index (χ3v) is 5.00. The van der Waals surface area contributed by atoms with E-state index in [1.165, 1.54) is 0 Å². The Morgan fingerprint density at radius 3 is 2.70 bits per heavy atom. The van der Waals surface area contributed by atoms with E-state index in [0.717, 1.165) is 55.5 Å². The van der Waals surface area contributed by atoms with Gasteiger partial charge in [-0.2, -0.15) is 24.6 Å². The third kappa shape index (κ3) is 3.08. The fourth-order valence-electron chi connectivity index (χ4n) is 3.62. The molecule has 138 valence electrons. The lowest BCUT2D eigenvalue weighted by atomic mass is 9.96. The average molecular weight is 364 g/mol. The van der Waals surface area contributed by atoms with Gasteiger partial charge in [0.1, 0.15) is 0 Å². The number of likely N-dealkylation sites (tertiary alicyclic amines) is 1. The van der Waals surface area contributed by atoms with Crippen LogP contribution in [0.4, 0.5) is 0 Å². The Labute approximate surface area is 155 Å². The molecule has 0 saturated carbocycles. The minimum absolute atomic E-state index is 0.346. The molecule has 0 atom stereocenters. The molecule has 0 unspecified atom stereocenters. The minimum Gasteiger partial charge on any atom is -0.297 e. The van der Waals surface area contributed by atoms with E-state index in [-0.39, 0.29) is 0 Å². The summed E-state index contributed by atoms with van der Waals surface area (Å²) >= 11 is 0. The summed E-state index contributed by atoms with van der Waals surface area (Å²) in [5.41, 5.74) is 1.78. The predicted molar refractivity (Wildman–Crippen MR) is 96.2 cm³/mol. The molecule has 0 N–H and O–H groups in total. The monoisotopic (exact) mass is 364 g/mol. The molecule has 0 bridgehead atoms. The zero-order chi connectivity index (χ0) is 18.2. The molecule has 0 radical (unpaired) electrons. The quantitative estimate of drug-likeness (QED) is 0.529. The van der Waals surface area contributed by atoms with Crippen molar-refractivity contribution in [3.05, 3.63) is 48.3 Å². The van der Waals surface area contributed by atoms with E-state index in [1.807, 2.05) is 42.2 Å². The number of fused-ring (bicyclic) bond motifs is 1. The van der Waals surface area contributed by atoms with E-state index in [9.17, 15) is 0 Å². The fourth-order valence-corrected chi connectivity index (χ4v) is 3.62. The minimum atomic E-state index is 0.346. The molecule has 0 aliphatic carbocycles. The van der Waals surface area contributed by atoms with Crippen LogP contribution in [0.1, 0.15) is 30.3 Å². The largest absolute Gasteiger partial charge is 0.297 e. The maximum atomic E-state index is 4.70. The van der Waals surface area contributed by atoms with Crippen molar-refractivity contribution in [2.75, 3.05) is 13.1 Å². The van der Waals surface area contributed by atoms with Gasteiger partial charge in [0.15, 0.2) is 17.3 Å². The van der Waals surface area contributed by atoms with E-state index in [2.05, 4.69) is 30.4 Å². The van der Waals surface area contributed by atoms with Gasteiger partial charge in [-0.05, 0) is 44.1 Å². The molecule has 1 saturated heterocycles. The molecule has 10 nitrogen and oxygen atoms in total. The molecule has 10 heteroatoms. The lowest BCUT2D eigenvalue weighted by Gasteiger charge is -2.30. The maximum Gasteiger partial charge on any atom is 0.178 e. The molecule has 1 aliphatic heterocycles. The van der Waals surface area contributed by atoms with Crippen molar-refractivity contribution >= 4 is 5.65 Å². The summed E-state index contributed by atoms with van der Waals surface area (Å²) in [6.07, 6.45) is 7.50. The first-order valence-electron chi connectivity index (χ1n) is 9.06. The van der Waals surface area contributed by atoms with Crippen LogP contribution >= 0.6 is 0 Å². The molecule has 5 heterocycles. The molecular weight excluding hydrogens is 344 g/mol. The van der Waals surface area contributed by atoms with Gasteiger partial charge in [-0.25, -0.2) is 4.68 Å². The summed E-state index contributed by atoms with van der Waals surface area (Å²) in [7, 11) is 1.84. The van der Waals surface area contributed by atoms with E-state index in [0.29, 0.717) is 5.92 Å². The molecule has 4 aromatic heterocycles. The van der Waals surface area contributed by atoms with Crippen LogP contribution in [0.15, 0.2) is 36.8 Å². The van der Waals surface area contributed by atoms with Gasteiger partial charge < -0.3 is 0 Å². The Kier molecular flexibility index (Phi) is 3.89. The van der Waals surface area contributed by atoms with Crippen molar-refractivity contribution in [2.45, 2.75) is 25.3 Å². The van der Waals surface area contributed by atoms with Crippen molar-refractivity contribution in [2.24, 2.45) is 7.05 Å². The van der Waals surface area contributed by atoms with E-state index >= 15 is 0 Å². The number of hydrogen-bond donors (Lipinski definition) is 0. The van der Waals surface area contributed by atoms with Crippen LogP contribution in [0.5, 0.6) is 0 Å². The SMILES string of the molecule is Cn1ncc(CN2CCC(c3nnc4ccc(-n5cccn5)nn34)CC2)n1. The van der Waals surface area contributed by atoms with Crippen molar-refractivity contribution in [3.8, 4) is 5.82 Å². The number of hydrogen-bond acceptors (Lipinski definition) is 7. The summed E-state index contributed by atoms with van der Waals surface area (Å²) in [5, 5.41) is 26.2. The van der Waals surface area contributed by atoms with Crippen LogP contribution in [0.3, 0.4) is 0 Å². The average Bonchev–Trinajstić information content (AvgIpc) is 3.43.